The molecule has 334 valence electrons. The van der Waals surface area contributed by atoms with Crippen molar-refractivity contribution >= 4 is 108 Å². The summed E-state index contributed by atoms with van der Waals surface area (Å²) in [5.41, 5.74) is 23.7. The van der Waals surface area contributed by atoms with Crippen molar-refractivity contribution in [3.8, 4) is 39.1 Å². The predicted molar refractivity (Wildman–Crippen MR) is 304 cm³/mol. The average molecular weight is 931 g/mol. The van der Waals surface area contributed by atoms with Gasteiger partial charge in [-0.05, 0) is 133 Å². The van der Waals surface area contributed by atoms with Crippen molar-refractivity contribution in [2.45, 2.75) is 6.92 Å². The van der Waals surface area contributed by atoms with Gasteiger partial charge in [-0.2, -0.15) is 0 Å². The topological polar surface area (TPSA) is 24.3 Å². The van der Waals surface area contributed by atoms with Crippen molar-refractivity contribution in [3.05, 3.63) is 248 Å². The minimum atomic E-state index is -3.17. The van der Waals surface area contributed by atoms with Crippen LogP contribution in [0.15, 0.2) is 243 Å². The third-order valence-electron chi connectivity index (χ3n) is 16.3. The van der Waals surface area contributed by atoms with Crippen LogP contribution in [-0.4, -0.2) is 24.3 Å². The number of hydrogen-bond acceptors (Lipinski definition) is 3. The Kier molecular flexibility index (Phi) is 8.18. The first-order valence-corrected chi connectivity index (χ1v) is 27.1. The first-order valence-electron chi connectivity index (χ1n) is 25.1. The van der Waals surface area contributed by atoms with Gasteiger partial charge in [-0.1, -0.05) is 170 Å². The second kappa shape index (κ2) is 14.8. The lowest BCUT2D eigenvalue weighted by molar-refractivity contribution is 1.17. The van der Waals surface area contributed by atoms with E-state index < -0.39 is 8.07 Å². The van der Waals surface area contributed by atoms with Crippen molar-refractivity contribution in [1.82, 2.24) is 9.55 Å². The molecule has 0 atom stereocenters. The first-order chi connectivity index (χ1) is 35.7. The van der Waals surface area contributed by atoms with Crippen LogP contribution in [0.2, 0.25) is 0 Å². The first kappa shape index (κ1) is 39.8. The fraction of sp³-hybridized carbons (Fsp3) is 0.0152. The molecule has 4 aliphatic rings. The van der Waals surface area contributed by atoms with E-state index in [2.05, 4.69) is 252 Å². The molecule has 4 nitrogen and oxygen atoms in total. The summed E-state index contributed by atoms with van der Waals surface area (Å²) in [5.74, 6) is 0. The van der Waals surface area contributed by atoms with E-state index in [1.165, 1.54) is 126 Å². The van der Waals surface area contributed by atoms with Gasteiger partial charge < -0.3 is 14.4 Å². The van der Waals surface area contributed by atoms with E-state index >= 15 is 0 Å². The minimum absolute atomic E-state index is 0.00537. The molecular formula is C66H43BN4Si. The van der Waals surface area contributed by atoms with E-state index in [1.807, 2.05) is 12.4 Å². The van der Waals surface area contributed by atoms with Crippen LogP contribution < -0.4 is 46.9 Å². The third-order valence-corrected chi connectivity index (χ3v) is 21.3. The van der Waals surface area contributed by atoms with E-state index in [1.54, 1.807) is 0 Å². The molecule has 0 saturated heterocycles. The van der Waals surface area contributed by atoms with E-state index in [0.717, 1.165) is 11.2 Å². The number of aryl methyl sites for hydroxylation is 1. The molecule has 6 heteroatoms. The maximum atomic E-state index is 4.71. The van der Waals surface area contributed by atoms with Crippen molar-refractivity contribution in [2.75, 3.05) is 9.80 Å². The van der Waals surface area contributed by atoms with E-state index in [4.69, 9.17) is 4.98 Å². The molecule has 0 aliphatic carbocycles. The van der Waals surface area contributed by atoms with Gasteiger partial charge in [0, 0.05) is 56.5 Å². The summed E-state index contributed by atoms with van der Waals surface area (Å²) >= 11 is 0. The van der Waals surface area contributed by atoms with Crippen LogP contribution in [0.25, 0.3) is 60.9 Å². The third kappa shape index (κ3) is 5.13. The average Bonchev–Trinajstić information content (AvgIpc) is 3.93. The summed E-state index contributed by atoms with van der Waals surface area (Å²) in [4.78, 5) is 9.98. The van der Waals surface area contributed by atoms with Gasteiger partial charge in [0.1, 0.15) is 0 Å². The highest BCUT2D eigenvalue weighted by molar-refractivity contribution is 7.28. The molecule has 1 spiro atoms. The lowest BCUT2D eigenvalue weighted by Crippen LogP contribution is -2.87. The summed E-state index contributed by atoms with van der Waals surface area (Å²) in [6.45, 7) is 2.27. The molecule has 0 bridgehead atoms. The standard InChI is InChI=1S/C66H43BN4Si/c1-42-38-57-64-58(39-42)71(53-27-13-9-23-47(53)44-20-6-3-7-21-44)56-30-17-33-62-66(56)67(64)65-55(70(57)52-26-12-8-22-46(52)43-18-4-2-5-19-43)29-16-32-61(65)72(62)60-31-15-11-25-50(60)51-35-34-45(40-63(51)72)69-54-28-14-10-24-48(54)49-36-37-68-41-59(49)69/h2-41H,1H3. The molecule has 16 rings (SSSR count). The number of aromatic nitrogens is 2. The van der Waals surface area contributed by atoms with Crippen LogP contribution in [0.1, 0.15) is 5.56 Å². The Balaban J connectivity index is 1.07. The molecule has 12 aromatic rings. The SMILES string of the molecule is Cc1cc2c3c(c1)N(c1ccccc1-c1ccccc1)c1cccc4c1B3c1c(cccc1[Si]41c3ccccc3-c3ccc(-n4c5ccccc5c5ccncc54)cc31)N2c1ccccc1-c1ccccc1. The molecule has 0 saturated carbocycles. The fourth-order valence-electron chi connectivity index (χ4n) is 13.7. The number of anilines is 6. The number of rotatable bonds is 5. The molecule has 10 aromatic carbocycles. The Hall–Kier alpha value is -8.97. The highest BCUT2D eigenvalue weighted by atomic mass is 28.3. The highest BCUT2D eigenvalue weighted by Gasteiger charge is 2.59. The van der Waals surface area contributed by atoms with Crippen LogP contribution in [0.5, 0.6) is 0 Å². The molecule has 0 radical (unpaired) electrons. The molecule has 0 amide bonds. The zero-order valence-electron chi connectivity index (χ0n) is 39.5. The van der Waals surface area contributed by atoms with E-state index in [-0.39, 0.29) is 6.71 Å². The number of para-hydroxylation sites is 3. The Morgan fingerprint density at radius 1 is 0.375 bits per heavy atom. The monoisotopic (exact) mass is 930 g/mol. The zero-order valence-corrected chi connectivity index (χ0v) is 40.5. The number of benzene rings is 10. The maximum absolute atomic E-state index is 4.71. The molecule has 2 aromatic heterocycles. The summed E-state index contributed by atoms with van der Waals surface area (Å²) in [6.07, 6.45) is 3.96. The second-order valence-corrected chi connectivity index (χ2v) is 23.5. The number of pyridine rings is 1. The van der Waals surface area contributed by atoms with Gasteiger partial charge in [0.25, 0.3) is 6.71 Å². The van der Waals surface area contributed by atoms with Crippen LogP contribution in [-0.2, 0) is 0 Å². The van der Waals surface area contributed by atoms with Gasteiger partial charge in [-0.3, -0.25) is 4.98 Å². The molecule has 0 fully saturated rings. The van der Waals surface area contributed by atoms with Gasteiger partial charge in [0.2, 0.25) is 0 Å². The molecule has 72 heavy (non-hydrogen) atoms. The van der Waals surface area contributed by atoms with Crippen LogP contribution in [0.3, 0.4) is 0 Å². The number of fused-ring (bicyclic) bond motifs is 10. The van der Waals surface area contributed by atoms with E-state index in [9.17, 15) is 0 Å². The molecule has 4 aliphatic heterocycles. The quantitative estimate of drug-likeness (QED) is 0.161. The Morgan fingerprint density at radius 2 is 0.889 bits per heavy atom. The largest absolute Gasteiger partial charge is 0.311 e. The Bertz CT molecular complexity index is 4060. The highest BCUT2D eigenvalue weighted by Crippen LogP contribution is 2.49. The normalized spacial score (nSPS) is 13.9. The van der Waals surface area contributed by atoms with Gasteiger partial charge in [0.15, 0.2) is 8.07 Å². The number of hydrogen-bond donors (Lipinski definition) is 0. The Morgan fingerprint density at radius 3 is 1.54 bits per heavy atom. The maximum Gasteiger partial charge on any atom is 0.251 e. The molecule has 0 N–H and O–H groups in total. The van der Waals surface area contributed by atoms with Gasteiger partial charge >= 0.3 is 0 Å². The Labute approximate surface area is 419 Å². The molecule has 6 heterocycles. The summed E-state index contributed by atoms with van der Waals surface area (Å²) < 4.78 is 2.45. The number of nitrogens with zero attached hydrogens (tertiary/aromatic N) is 4. The van der Waals surface area contributed by atoms with Crippen LogP contribution in [0.4, 0.5) is 34.1 Å². The van der Waals surface area contributed by atoms with Gasteiger partial charge in [-0.25, -0.2) is 0 Å². The zero-order chi connectivity index (χ0) is 47.2. The molecule has 0 unspecified atom stereocenters. The lowest BCUT2D eigenvalue weighted by Gasteiger charge is -2.51. The minimum Gasteiger partial charge on any atom is -0.311 e. The van der Waals surface area contributed by atoms with Crippen LogP contribution in [0, 0.1) is 6.92 Å². The second-order valence-electron chi connectivity index (χ2n) is 19.8. The van der Waals surface area contributed by atoms with E-state index in [0.29, 0.717) is 0 Å². The molecular weight excluding hydrogens is 888 g/mol. The van der Waals surface area contributed by atoms with Gasteiger partial charge in [0.05, 0.1) is 28.6 Å². The van der Waals surface area contributed by atoms with Crippen LogP contribution >= 0.6 is 0 Å². The predicted octanol–water partition coefficient (Wildman–Crippen LogP) is 11.6. The summed E-state index contributed by atoms with van der Waals surface area (Å²) in [7, 11) is -3.17. The van der Waals surface area contributed by atoms with Crippen molar-refractivity contribution < 1.29 is 0 Å². The van der Waals surface area contributed by atoms with Gasteiger partial charge in [-0.15, -0.1) is 0 Å². The summed E-state index contributed by atoms with van der Waals surface area (Å²) in [5, 5.41) is 8.27. The fourth-order valence-corrected chi connectivity index (χ4v) is 19.4. The smallest absolute Gasteiger partial charge is 0.251 e. The lowest BCUT2D eigenvalue weighted by atomic mass is 9.33. The van der Waals surface area contributed by atoms with Crippen molar-refractivity contribution in [3.63, 3.8) is 0 Å². The van der Waals surface area contributed by atoms with Crippen molar-refractivity contribution in [2.24, 2.45) is 0 Å². The van der Waals surface area contributed by atoms with Crippen molar-refractivity contribution in [1.29, 1.82) is 0 Å². The summed E-state index contributed by atoms with van der Waals surface area (Å²) in [6, 6.07) is 87.2.